The number of nitrogens with zero attached hydrogens (tertiary/aromatic N) is 2. The standard InChI is InChI=1S/C23H31NO5.C6H11NO/c1-5-28-24-17-12-10-8-6-7-9-11-16(4)29-23(27)22-18(13-17)21(15(2)3)19(25)14-20(22)26;8-6-7-4-2-1-3-5-7/h7,9-10,12,14-16,25-26H,5-6,8,11,13H2,1-4H3;6H,1-5H2/b9-7+,12-10+,24-17-;/t16-;/m1./s1. The van der Waals surface area contributed by atoms with Gasteiger partial charge in [-0.25, -0.2) is 4.79 Å². The van der Waals surface area contributed by atoms with Crippen molar-refractivity contribution < 1.29 is 29.4 Å². The van der Waals surface area contributed by atoms with Crippen LogP contribution in [0, 0.1) is 0 Å². The van der Waals surface area contributed by atoms with Gasteiger partial charge in [-0.3, -0.25) is 4.79 Å². The van der Waals surface area contributed by atoms with Crippen LogP contribution >= 0.6 is 0 Å². The molecule has 37 heavy (non-hydrogen) atoms. The fourth-order valence-electron chi connectivity index (χ4n) is 4.36. The SMILES string of the molecule is CCO/N=C1/C=C/CC/C=C/C[C@@H](C)OC(=O)c2c(O)cc(O)c(C(C)C)c2C1.O=CN1CCCCC1. The Morgan fingerprint density at radius 3 is 2.46 bits per heavy atom. The second-order valence-corrected chi connectivity index (χ2v) is 9.62. The third-order valence-electron chi connectivity index (χ3n) is 6.18. The quantitative estimate of drug-likeness (QED) is 0.233. The molecule has 8 heteroatoms. The summed E-state index contributed by atoms with van der Waals surface area (Å²) in [6, 6.07) is 1.21. The lowest BCUT2D eigenvalue weighted by Crippen LogP contribution is -2.27. The molecule has 3 rings (SSSR count). The summed E-state index contributed by atoms with van der Waals surface area (Å²) in [7, 11) is 0. The molecule has 1 amide bonds. The van der Waals surface area contributed by atoms with Crippen LogP contribution in [0.5, 0.6) is 11.5 Å². The van der Waals surface area contributed by atoms with Crippen LogP contribution in [0.25, 0.3) is 0 Å². The van der Waals surface area contributed by atoms with Crippen LogP contribution in [-0.4, -0.2) is 59.0 Å². The average molecular weight is 515 g/mol. The summed E-state index contributed by atoms with van der Waals surface area (Å²) in [6.07, 6.45) is 14.7. The first-order valence-electron chi connectivity index (χ1n) is 13.3. The third kappa shape index (κ3) is 9.59. The maximum Gasteiger partial charge on any atom is 0.342 e. The summed E-state index contributed by atoms with van der Waals surface area (Å²) >= 11 is 0. The first-order valence-corrected chi connectivity index (χ1v) is 13.3. The Balaban J connectivity index is 0.000000510. The molecule has 0 saturated carbocycles. The number of likely N-dealkylation sites (tertiary alicyclic amines) is 1. The molecule has 8 nitrogen and oxygen atoms in total. The molecule has 2 aliphatic rings. The minimum atomic E-state index is -0.614. The fourth-order valence-corrected chi connectivity index (χ4v) is 4.36. The highest BCUT2D eigenvalue weighted by molar-refractivity contribution is 6.01. The molecule has 0 aliphatic carbocycles. The highest BCUT2D eigenvalue weighted by atomic mass is 16.6. The molecular formula is C29H42N2O6. The van der Waals surface area contributed by atoms with E-state index < -0.39 is 5.97 Å². The lowest BCUT2D eigenvalue weighted by atomic mass is 9.88. The minimum Gasteiger partial charge on any atom is -0.508 e. The number of carbonyl (C=O) groups is 2. The van der Waals surface area contributed by atoms with Gasteiger partial charge < -0.3 is 24.7 Å². The fraction of sp³-hybridized carbons (Fsp3) is 0.552. The van der Waals surface area contributed by atoms with Gasteiger partial charge in [-0.2, -0.15) is 0 Å². The Labute approximate surface area is 220 Å². The summed E-state index contributed by atoms with van der Waals surface area (Å²) in [4.78, 5) is 30.1. The van der Waals surface area contributed by atoms with Crippen LogP contribution in [0.2, 0.25) is 0 Å². The molecule has 1 aromatic rings. The zero-order valence-electron chi connectivity index (χ0n) is 22.6. The molecule has 2 N–H and O–H groups in total. The van der Waals surface area contributed by atoms with Gasteiger partial charge >= 0.3 is 5.97 Å². The van der Waals surface area contributed by atoms with Crippen molar-refractivity contribution in [2.45, 2.75) is 84.7 Å². The predicted molar refractivity (Wildman–Crippen MR) is 145 cm³/mol. The van der Waals surface area contributed by atoms with Crippen molar-refractivity contribution in [1.29, 1.82) is 0 Å². The number of oxime groups is 1. The number of allylic oxidation sites excluding steroid dienone is 3. The molecule has 1 fully saturated rings. The van der Waals surface area contributed by atoms with E-state index in [0.717, 1.165) is 32.3 Å². The van der Waals surface area contributed by atoms with Crippen LogP contribution in [-0.2, 0) is 20.8 Å². The average Bonchev–Trinajstić information content (AvgIpc) is 2.86. The molecule has 1 saturated heterocycles. The van der Waals surface area contributed by atoms with Gasteiger partial charge in [0.1, 0.15) is 29.8 Å². The number of hydrogen-bond acceptors (Lipinski definition) is 7. The molecule has 0 bridgehead atoms. The smallest absolute Gasteiger partial charge is 0.342 e. The topological polar surface area (TPSA) is 109 Å². The monoisotopic (exact) mass is 514 g/mol. The van der Waals surface area contributed by atoms with E-state index in [0.29, 0.717) is 29.9 Å². The number of aromatic hydroxyl groups is 2. The number of amides is 1. The molecule has 0 aromatic heterocycles. The first-order chi connectivity index (χ1) is 17.8. The van der Waals surface area contributed by atoms with Gasteiger partial charge in [-0.15, -0.1) is 0 Å². The highest BCUT2D eigenvalue weighted by Gasteiger charge is 2.27. The normalized spacial score (nSPS) is 21.6. The second-order valence-electron chi connectivity index (χ2n) is 9.62. The van der Waals surface area contributed by atoms with E-state index in [4.69, 9.17) is 9.57 Å². The highest BCUT2D eigenvalue weighted by Crippen LogP contribution is 2.38. The van der Waals surface area contributed by atoms with Crippen molar-refractivity contribution in [3.05, 3.63) is 47.1 Å². The number of piperidine rings is 1. The zero-order chi connectivity index (χ0) is 27.2. The van der Waals surface area contributed by atoms with Crippen molar-refractivity contribution in [3.63, 3.8) is 0 Å². The van der Waals surface area contributed by atoms with Gasteiger partial charge in [0.15, 0.2) is 0 Å². The number of phenols is 2. The summed E-state index contributed by atoms with van der Waals surface area (Å²) in [5.41, 5.74) is 1.76. The summed E-state index contributed by atoms with van der Waals surface area (Å²) in [5, 5.41) is 25.1. The second kappa shape index (κ2) is 15.7. The van der Waals surface area contributed by atoms with E-state index >= 15 is 0 Å². The third-order valence-corrected chi connectivity index (χ3v) is 6.18. The van der Waals surface area contributed by atoms with E-state index in [-0.39, 0.29) is 35.5 Å². The first kappa shape index (κ1) is 29.9. The molecular weight excluding hydrogens is 472 g/mol. The Morgan fingerprint density at radius 1 is 1.14 bits per heavy atom. The predicted octanol–water partition coefficient (Wildman–Crippen LogP) is 5.63. The summed E-state index contributed by atoms with van der Waals surface area (Å²) < 4.78 is 5.57. The van der Waals surface area contributed by atoms with Crippen molar-refractivity contribution in [1.82, 2.24) is 4.90 Å². The van der Waals surface area contributed by atoms with Gasteiger partial charge in [0.2, 0.25) is 6.41 Å². The molecule has 2 heterocycles. The summed E-state index contributed by atoms with van der Waals surface area (Å²) in [5.74, 6) is -1.05. The zero-order valence-corrected chi connectivity index (χ0v) is 22.6. The lowest BCUT2D eigenvalue weighted by molar-refractivity contribution is -0.118. The molecule has 204 valence electrons. The molecule has 1 atom stereocenters. The number of esters is 1. The van der Waals surface area contributed by atoms with Crippen LogP contribution in [0.1, 0.15) is 93.6 Å². The van der Waals surface area contributed by atoms with Crippen LogP contribution in [0.3, 0.4) is 0 Å². The van der Waals surface area contributed by atoms with Crippen LogP contribution < -0.4 is 0 Å². The van der Waals surface area contributed by atoms with Gasteiger partial charge in [0.25, 0.3) is 0 Å². The number of benzene rings is 1. The van der Waals surface area contributed by atoms with E-state index in [2.05, 4.69) is 11.2 Å². The lowest BCUT2D eigenvalue weighted by Gasteiger charge is -2.21. The molecule has 2 aliphatic heterocycles. The van der Waals surface area contributed by atoms with Crippen molar-refractivity contribution in [3.8, 4) is 11.5 Å². The number of fused-ring (bicyclic) bond motifs is 1. The number of ether oxygens (including phenoxy) is 1. The number of cyclic esters (lactones) is 1. The van der Waals surface area contributed by atoms with Crippen LogP contribution in [0.4, 0.5) is 0 Å². The van der Waals surface area contributed by atoms with Gasteiger partial charge in [0, 0.05) is 37.6 Å². The van der Waals surface area contributed by atoms with Crippen molar-refractivity contribution in [2.24, 2.45) is 5.16 Å². The molecule has 0 spiro atoms. The van der Waals surface area contributed by atoms with Crippen molar-refractivity contribution >= 4 is 18.1 Å². The maximum absolute atomic E-state index is 12.9. The van der Waals surface area contributed by atoms with Gasteiger partial charge in [-0.1, -0.05) is 37.2 Å². The Kier molecular flexibility index (Phi) is 12.7. The Morgan fingerprint density at radius 2 is 1.84 bits per heavy atom. The maximum atomic E-state index is 12.9. The van der Waals surface area contributed by atoms with Gasteiger partial charge in [-0.05, 0) is 63.5 Å². The van der Waals surface area contributed by atoms with E-state index in [1.54, 1.807) is 0 Å². The summed E-state index contributed by atoms with van der Waals surface area (Å²) in [6.45, 7) is 9.86. The van der Waals surface area contributed by atoms with Crippen LogP contribution in [0.15, 0.2) is 35.5 Å². The number of phenolic OH excluding ortho intramolecular Hbond substituents is 2. The molecule has 0 unspecified atom stereocenters. The Bertz CT molecular complexity index is 977. The van der Waals surface area contributed by atoms with E-state index in [1.807, 2.05) is 50.8 Å². The molecule has 1 aromatic carbocycles. The minimum absolute atomic E-state index is 0.0547. The number of carbonyl (C=O) groups excluding carboxylic acids is 2. The van der Waals surface area contributed by atoms with E-state index in [1.165, 1.54) is 25.3 Å². The largest absolute Gasteiger partial charge is 0.508 e. The number of rotatable bonds is 4. The Hall–Kier alpha value is -3.29. The van der Waals surface area contributed by atoms with Crippen molar-refractivity contribution in [2.75, 3.05) is 19.7 Å². The number of hydrogen-bond donors (Lipinski definition) is 2. The van der Waals surface area contributed by atoms with Gasteiger partial charge in [0.05, 0.1) is 5.71 Å². The molecule has 0 radical (unpaired) electrons. The van der Waals surface area contributed by atoms with E-state index in [9.17, 15) is 19.8 Å².